The van der Waals surface area contributed by atoms with Crippen molar-refractivity contribution in [2.75, 3.05) is 7.05 Å². The number of nitrogens with two attached hydrogens (primary N) is 1. The van der Waals surface area contributed by atoms with Gasteiger partial charge in [-0.1, -0.05) is 0 Å². The topological polar surface area (TPSA) is 62.4 Å². The molecule has 4 N–H and O–H groups in total. The van der Waals surface area contributed by atoms with Gasteiger partial charge in [0.2, 0.25) is 5.96 Å². The smallest absolute Gasteiger partial charge is 0.205 e. The van der Waals surface area contributed by atoms with Crippen LogP contribution >= 0.6 is 11.3 Å². The molecule has 1 heterocycles. The molecule has 4 nitrogen and oxygen atoms in total. The van der Waals surface area contributed by atoms with Crippen molar-refractivity contribution in [3.05, 3.63) is 21.9 Å². The van der Waals surface area contributed by atoms with Crippen molar-refractivity contribution in [3.8, 4) is 0 Å². The standard InChI is InChI=1S/C9H16N4S/c1-6-4-5-8(14-6)7(2)12-9(11-3)13-10/h4-5,7H,10H2,1-3H3,(H2,11,12,13). The Morgan fingerprint density at radius 2 is 2.29 bits per heavy atom. The molecular formula is C9H16N4S. The number of thiophene rings is 1. The van der Waals surface area contributed by atoms with Crippen LogP contribution < -0.4 is 16.6 Å². The lowest BCUT2D eigenvalue weighted by Crippen LogP contribution is -2.42. The van der Waals surface area contributed by atoms with Gasteiger partial charge in [-0.3, -0.25) is 10.4 Å². The van der Waals surface area contributed by atoms with Gasteiger partial charge in [0.15, 0.2) is 0 Å². The molecule has 0 saturated carbocycles. The summed E-state index contributed by atoms with van der Waals surface area (Å²) in [6.45, 7) is 4.17. The highest BCUT2D eigenvalue weighted by molar-refractivity contribution is 7.12. The van der Waals surface area contributed by atoms with E-state index in [9.17, 15) is 0 Å². The predicted octanol–water partition coefficient (Wildman–Crippen LogP) is 1.16. The first-order valence-corrected chi connectivity index (χ1v) is 5.25. The van der Waals surface area contributed by atoms with E-state index in [0.29, 0.717) is 5.96 Å². The molecule has 0 saturated heterocycles. The molecule has 0 aliphatic carbocycles. The Morgan fingerprint density at radius 1 is 1.57 bits per heavy atom. The van der Waals surface area contributed by atoms with Crippen LogP contribution in [-0.4, -0.2) is 13.0 Å². The first kappa shape index (κ1) is 11.0. The number of rotatable bonds is 2. The number of aliphatic imine (C=N–C) groups is 1. The van der Waals surface area contributed by atoms with E-state index in [1.807, 2.05) is 0 Å². The summed E-state index contributed by atoms with van der Waals surface area (Å²) in [7, 11) is 1.69. The SMILES string of the molecule is CN=C(NN)NC(C)c1ccc(C)s1. The Hall–Kier alpha value is -1.07. The van der Waals surface area contributed by atoms with Crippen LogP contribution in [0.4, 0.5) is 0 Å². The third-order valence-corrected chi connectivity index (χ3v) is 3.08. The number of aryl methyl sites for hydroxylation is 1. The van der Waals surface area contributed by atoms with E-state index >= 15 is 0 Å². The minimum absolute atomic E-state index is 0.225. The second-order valence-corrected chi connectivity index (χ2v) is 4.35. The van der Waals surface area contributed by atoms with Crippen molar-refractivity contribution in [1.29, 1.82) is 0 Å². The monoisotopic (exact) mass is 212 g/mol. The van der Waals surface area contributed by atoms with Gasteiger partial charge in [-0.2, -0.15) is 0 Å². The molecule has 5 heteroatoms. The van der Waals surface area contributed by atoms with E-state index in [4.69, 9.17) is 5.84 Å². The number of hydrazine groups is 1. The summed E-state index contributed by atoms with van der Waals surface area (Å²) in [5.41, 5.74) is 2.50. The molecular weight excluding hydrogens is 196 g/mol. The van der Waals surface area contributed by atoms with Gasteiger partial charge in [-0.15, -0.1) is 11.3 Å². The minimum atomic E-state index is 0.225. The van der Waals surface area contributed by atoms with Crippen LogP contribution in [0.25, 0.3) is 0 Å². The molecule has 0 radical (unpaired) electrons. The molecule has 0 aliphatic heterocycles. The Labute approximate surface area is 88.2 Å². The number of nitrogens with zero attached hydrogens (tertiary/aromatic N) is 1. The largest absolute Gasteiger partial charge is 0.348 e. The van der Waals surface area contributed by atoms with Gasteiger partial charge in [-0.05, 0) is 26.0 Å². The summed E-state index contributed by atoms with van der Waals surface area (Å²) in [5, 5.41) is 3.17. The van der Waals surface area contributed by atoms with Crippen LogP contribution in [0.2, 0.25) is 0 Å². The molecule has 0 aromatic carbocycles. The first-order valence-electron chi connectivity index (χ1n) is 4.43. The number of nitrogens with one attached hydrogen (secondary N) is 2. The third kappa shape index (κ3) is 2.71. The van der Waals surface area contributed by atoms with Crippen molar-refractivity contribution in [2.24, 2.45) is 10.8 Å². The highest BCUT2D eigenvalue weighted by atomic mass is 32.1. The molecule has 0 amide bonds. The molecule has 1 aromatic heterocycles. The fourth-order valence-electron chi connectivity index (χ4n) is 1.13. The average molecular weight is 212 g/mol. The second kappa shape index (κ2) is 4.97. The normalized spacial score (nSPS) is 13.9. The van der Waals surface area contributed by atoms with Gasteiger partial charge in [0.05, 0.1) is 6.04 Å². The molecule has 1 rings (SSSR count). The quantitative estimate of drug-likeness (QED) is 0.298. The van der Waals surface area contributed by atoms with E-state index in [1.54, 1.807) is 18.4 Å². The van der Waals surface area contributed by atoms with Gasteiger partial charge in [-0.25, -0.2) is 5.84 Å². The van der Waals surface area contributed by atoms with Crippen LogP contribution in [0.5, 0.6) is 0 Å². The highest BCUT2D eigenvalue weighted by Crippen LogP contribution is 2.21. The van der Waals surface area contributed by atoms with Crippen LogP contribution in [-0.2, 0) is 0 Å². The molecule has 0 fully saturated rings. The number of hydrogen-bond donors (Lipinski definition) is 3. The zero-order chi connectivity index (χ0) is 10.6. The maximum atomic E-state index is 5.27. The van der Waals surface area contributed by atoms with E-state index in [0.717, 1.165) is 0 Å². The van der Waals surface area contributed by atoms with Crippen molar-refractivity contribution >= 4 is 17.3 Å². The summed E-state index contributed by atoms with van der Waals surface area (Å²) in [5.74, 6) is 5.88. The Bertz CT molecular complexity index is 318. The summed E-state index contributed by atoms with van der Waals surface area (Å²) < 4.78 is 0. The van der Waals surface area contributed by atoms with E-state index < -0.39 is 0 Å². The van der Waals surface area contributed by atoms with Crippen LogP contribution in [0.15, 0.2) is 17.1 Å². The van der Waals surface area contributed by atoms with E-state index in [-0.39, 0.29) is 6.04 Å². The van der Waals surface area contributed by atoms with Gasteiger partial charge in [0.25, 0.3) is 0 Å². The van der Waals surface area contributed by atoms with E-state index in [1.165, 1.54) is 9.75 Å². The summed E-state index contributed by atoms with van der Waals surface area (Å²) in [4.78, 5) is 6.54. The molecule has 0 aliphatic rings. The van der Waals surface area contributed by atoms with Crippen LogP contribution in [0, 0.1) is 6.92 Å². The van der Waals surface area contributed by atoms with Crippen molar-refractivity contribution in [1.82, 2.24) is 10.7 Å². The maximum absolute atomic E-state index is 5.27. The lowest BCUT2D eigenvalue weighted by Gasteiger charge is -2.14. The lowest BCUT2D eigenvalue weighted by atomic mass is 10.3. The molecule has 78 valence electrons. The highest BCUT2D eigenvalue weighted by Gasteiger charge is 2.08. The summed E-state index contributed by atoms with van der Waals surface area (Å²) >= 11 is 1.77. The molecule has 1 aromatic rings. The number of guanidine groups is 1. The Morgan fingerprint density at radius 3 is 2.71 bits per heavy atom. The van der Waals surface area contributed by atoms with Crippen molar-refractivity contribution in [3.63, 3.8) is 0 Å². The molecule has 1 atom stereocenters. The molecule has 14 heavy (non-hydrogen) atoms. The van der Waals surface area contributed by atoms with Crippen molar-refractivity contribution in [2.45, 2.75) is 19.9 Å². The van der Waals surface area contributed by atoms with E-state index in [2.05, 4.69) is 41.7 Å². The van der Waals surface area contributed by atoms with Crippen LogP contribution in [0.3, 0.4) is 0 Å². The molecule has 0 spiro atoms. The summed E-state index contributed by atoms with van der Waals surface area (Å²) in [6, 6.07) is 4.45. The minimum Gasteiger partial charge on any atom is -0.348 e. The molecule has 0 bridgehead atoms. The Balaban J connectivity index is 2.62. The zero-order valence-corrected chi connectivity index (χ0v) is 9.48. The Kier molecular flexibility index (Phi) is 3.91. The fourth-order valence-corrected chi connectivity index (χ4v) is 2.01. The summed E-state index contributed by atoms with van der Waals surface area (Å²) in [6.07, 6.45) is 0. The third-order valence-electron chi connectivity index (χ3n) is 1.90. The number of hydrogen-bond acceptors (Lipinski definition) is 3. The van der Waals surface area contributed by atoms with Gasteiger partial charge in [0, 0.05) is 16.8 Å². The fraction of sp³-hybridized carbons (Fsp3) is 0.444. The molecule has 1 unspecified atom stereocenters. The zero-order valence-electron chi connectivity index (χ0n) is 8.66. The van der Waals surface area contributed by atoms with Gasteiger partial charge in [0.1, 0.15) is 0 Å². The van der Waals surface area contributed by atoms with Gasteiger partial charge >= 0.3 is 0 Å². The van der Waals surface area contributed by atoms with Crippen LogP contribution in [0.1, 0.15) is 22.7 Å². The maximum Gasteiger partial charge on any atom is 0.205 e. The van der Waals surface area contributed by atoms with Crippen molar-refractivity contribution < 1.29 is 0 Å². The van der Waals surface area contributed by atoms with Gasteiger partial charge < -0.3 is 5.32 Å². The first-order chi connectivity index (χ1) is 6.67. The second-order valence-electron chi connectivity index (χ2n) is 3.03. The lowest BCUT2D eigenvalue weighted by molar-refractivity contribution is 0.704. The average Bonchev–Trinajstić information content (AvgIpc) is 2.61. The predicted molar refractivity (Wildman–Crippen MR) is 61.3 cm³/mol.